The number of carbonyl (C=O) groups is 1. The van der Waals surface area contributed by atoms with Gasteiger partial charge in [-0.05, 0) is 61.9 Å². The van der Waals surface area contributed by atoms with Crippen LogP contribution >= 0.6 is 0 Å². The summed E-state index contributed by atoms with van der Waals surface area (Å²) in [7, 11) is 0. The van der Waals surface area contributed by atoms with Gasteiger partial charge >= 0.3 is 0 Å². The average Bonchev–Trinajstić information content (AvgIpc) is 3.43. The number of aromatic nitrogens is 2. The van der Waals surface area contributed by atoms with E-state index in [2.05, 4.69) is 15.3 Å². The topological polar surface area (TPSA) is 87.4 Å². The normalized spacial score (nSPS) is 27.7. The molecule has 0 spiro atoms. The fourth-order valence-corrected chi connectivity index (χ4v) is 5.24. The Hall–Kier alpha value is -2.88. The number of nitrogen functional groups attached to an aromatic ring is 1. The van der Waals surface area contributed by atoms with Crippen molar-refractivity contribution in [1.82, 2.24) is 20.3 Å². The maximum absolute atomic E-state index is 13.9. The molecule has 164 valence electrons. The van der Waals surface area contributed by atoms with Crippen molar-refractivity contribution in [3.05, 3.63) is 47.4 Å². The summed E-state index contributed by atoms with van der Waals surface area (Å²) in [4.78, 5) is 21.7. The molecule has 3 atom stereocenters. The monoisotopic (exact) mass is 432 g/mol. The summed E-state index contributed by atoms with van der Waals surface area (Å²) < 4.78 is 41.5. The molecular weight excluding hydrogens is 409 g/mol. The van der Waals surface area contributed by atoms with Gasteiger partial charge in [-0.3, -0.25) is 4.79 Å². The molecule has 10 heteroatoms. The van der Waals surface area contributed by atoms with Crippen molar-refractivity contribution in [2.45, 2.75) is 25.3 Å². The van der Waals surface area contributed by atoms with E-state index in [1.807, 2.05) is 0 Å². The van der Waals surface area contributed by atoms with Gasteiger partial charge in [-0.1, -0.05) is 0 Å². The van der Waals surface area contributed by atoms with Gasteiger partial charge in [-0.2, -0.15) is 4.98 Å². The molecule has 3 N–H and O–H groups in total. The number of rotatable bonds is 3. The van der Waals surface area contributed by atoms with E-state index < -0.39 is 23.5 Å². The molecule has 1 saturated carbocycles. The highest BCUT2D eigenvalue weighted by Crippen LogP contribution is 2.43. The van der Waals surface area contributed by atoms with Crippen molar-refractivity contribution in [1.29, 1.82) is 0 Å². The van der Waals surface area contributed by atoms with Gasteiger partial charge in [0.05, 0.1) is 12.2 Å². The van der Waals surface area contributed by atoms with Crippen LogP contribution in [0.1, 0.15) is 30.9 Å². The maximum atomic E-state index is 13.9. The largest absolute Gasteiger partial charge is 0.381 e. The lowest BCUT2D eigenvalue weighted by atomic mass is 10.0. The summed E-state index contributed by atoms with van der Waals surface area (Å²) in [6.07, 6.45) is 2.91. The Bertz CT molecular complexity index is 988. The van der Waals surface area contributed by atoms with Crippen molar-refractivity contribution in [2.75, 3.05) is 30.4 Å². The van der Waals surface area contributed by atoms with Gasteiger partial charge < -0.3 is 11.1 Å². The number of hydrazine groups is 1. The molecular formula is C21H23F3N6O. The van der Waals surface area contributed by atoms with E-state index in [1.165, 1.54) is 17.1 Å². The fourth-order valence-electron chi connectivity index (χ4n) is 5.24. The van der Waals surface area contributed by atoms with Crippen LogP contribution in [0.3, 0.4) is 0 Å². The van der Waals surface area contributed by atoms with Crippen molar-refractivity contribution in [3.63, 3.8) is 0 Å². The number of nitrogens with zero attached hydrogens (tertiary/aromatic N) is 4. The van der Waals surface area contributed by atoms with Crippen LogP contribution in [-0.4, -0.2) is 40.5 Å². The number of nitrogens with two attached hydrogens (primary N) is 1. The number of hydrogen-bond donors (Lipinski definition) is 2. The van der Waals surface area contributed by atoms with Gasteiger partial charge in [0.15, 0.2) is 11.6 Å². The molecule has 0 bridgehead atoms. The Kier molecular flexibility index (Phi) is 4.96. The molecule has 2 aliphatic heterocycles. The van der Waals surface area contributed by atoms with Gasteiger partial charge in [0.25, 0.3) is 0 Å². The second-order valence-corrected chi connectivity index (χ2v) is 8.56. The molecule has 31 heavy (non-hydrogen) atoms. The van der Waals surface area contributed by atoms with Crippen molar-refractivity contribution < 1.29 is 18.0 Å². The minimum atomic E-state index is -0.749. The third kappa shape index (κ3) is 3.58. The third-order valence-electron chi connectivity index (χ3n) is 6.66. The number of nitrogens with one attached hydrogen (secondary N) is 1. The van der Waals surface area contributed by atoms with Gasteiger partial charge in [-0.15, -0.1) is 0 Å². The molecule has 2 aromatic rings. The van der Waals surface area contributed by atoms with Gasteiger partial charge in [-0.25, -0.2) is 28.2 Å². The number of halogens is 3. The van der Waals surface area contributed by atoms with E-state index in [0.717, 1.165) is 38.2 Å². The molecule has 7 nitrogen and oxygen atoms in total. The zero-order valence-electron chi connectivity index (χ0n) is 16.8. The standard InChI is InChI=1S/C21H23F3N6O/c22-15-5-11(6-16(23)7-15)18-1-2-29(21-27-10-17(24)19(25)28-21)30(18)20(31)12-3-13-8-26-9-14(13)4-12/h5-7,10,12-14,18,26H,1-4,8-9H2,(H2,25,27,28). The predicted octanol–water partition coefficient (Wildman–Crippen LogP) is 2.42. The van der Waals surface area contributed by atoms with Crippen LogP contribution in [0.15, 0.2) is 24.4 Å². The highest BCUT2D eigenvalue weighted by Gasteiger charge is 2.46. The molecule has 3 heterocycles. The lowest BCUT2D eigenvalue weighted by molar-refractivity contribution is -0.137. The highest BCUT2D eigenvalue weighted by atomic mass is 19.1. The second kappa shape index (κ2) is 7.67. The van der Waals surface area contributed by atoms with E-state index in [9.17, 15) is 18.0 Å². The van der Waals surface area contributed by atoms with Crippen LogP contribution in [0.2, 0.25) is 0 Å². The van der Waals surface area contributed by atoms with Gasteiger partial charge in [0.2, 0.25) is 11.9 Å². The number of carbonyl (C=O) groups excluding carboxylic acids is 1. The first-order valence-electron chi connectivity index (χ1n) is 10.5. The molecule has 0 radical (unpaired) electrons. The van der Waals surface area contributed by atoms with Crippen LogP contribution in [-0.2, 0) is 4.79 Å². The zero-order chi connectivity index (χ0) is 21.7. The Morgan fingerprint density at radius 2 is 1.77 bits per heavy atom. The summed E-state index contributed by atoms with van der Waals surface area (Å²) in [5.74, 6) is -1.81. The van der Waals surface area contributed by atoms with Crippen molar-refractivity contribution >= 4 is 17.7 Å². The number of amides is 1. The first-order valence-corrected chi connectivity index (χ1v) is 10.5. The number of fused-ring (bicyclic) bond motifs is 1. The van der Waals surface area contributed by atoms with Crippen LogP contribution in [0.4, 0.5) is 24.9 Å². The molecule has 3 unspecified atom stereocenters. The van der Waals surface area contributed by atoms with E-state index in [1.54, 1.807) is 5.01 Å². The average molecular weight is 432 g/mol. The first-order chi connectivity index (χ1) is 14.9. The minimum absolute atomic E-state index is 0.0893. The first kappa shape index (κ1) is 20.0. The Morgan fingerprint density at radius 3 is 2.42 bits per heavy atom. The third-order valence-corrected chi connectivity index (χ3v) is 6.66. The van der Waals surface area contributed by atoms with E-state index in [4.69, 9.17) is 5.73 Å². The lowest BCUT2D eigenvalue weighted by Crippen LogP contribution is -2.46. The Balaban J connectivity index is 1.50. The molecule has 1 aliphatic carbocycles. The van der Waals surface area contributed by atoms with Crippen molar-refractivity contribution in [2.24, 2.45) is 17.8 Å². The SMILES string of the molecule is Nc1nc(N2CCC(c3cc(F)cc(F)c3)N2C(=O)C2CC3CNCC3C2)ncc1F. The fraction of sp³-hybridized carbons (Fsp3) is 0.476. The quantitative estimate of drug-likeness (QED) is 0.775. The lowest BCUT2D eigenvalue weighted by Gasteiger charge is -2.34. The molecule has 1 aromatic heterocycles. The van der Waals surface area contributed by atoms with Crippen molar-refractivity contribution in [3.8, 4) is 0 Å². The summed E-state index contributed by atoms with van der Waals surface area (Å²) in [5.41, 5.74) is 5.98. The number of anilines is 2. The number of hydrogen-bond acceptors (Lipinski definition) is 6. The van der Waals surface area contributed by atoms with Crippen LogP contribution < -0.4 is 16.1 Å². The van der Waals surface area contributed by atoms with Crippen LogP contribution in [0.5, 0.6) is 0 Å². The van der Waals surface area contributed by atoms with E-state index in [-0.39, 0.29) is 23.6 Å². The maximum Gasteiger partial charge on any atom is 0.246 e. The smallest absolute Gasteiger partial charge is 0.246 e. The van der Waals surface area contributed by atoms with Crippen LogP contribution in [0, 0.1) is 35.2 Å². The highest BCUT2D eigenvalue weighted by molar-refractivity contribution is 5.81. The zero-order valence-corrected chi connectivity index (χ0v) is 16.8. The molecule has 3 aliphatic rings. The molecule has 1 aromatic carbocycles. The summed E-state index contributed by atoms with van der Waals surface area (Å²) >= 11 is 0. The number of benzene rings is 1. The summed E-state index contributed by atoms with van der Waals surface area (Å²) in [5, 5.41) is 6.41. The van der Waals surface area contributed by atoms with Gasteiger partial charge in [0.1, 0.15) is 11.6 Å². The van der Waals surface area contributed by atoms with E-state index in [0.29, 0.717) is 30.4 Å². The van der Waals surface area contributed by atoms with Crippen LogP contribution in [0.25, 0.3) is 0 Å². The summed E-state index contributed by atoms with van der Waals surface area (Å²) in [6, 6.07) is 2.71. The molecule has 3 fully saturated rings. The predicted molar refractivity (Wildman–Crippen MR) is 107 cm³/mol. The minimum Gasteiger partial charge on any atom is -0.381 e. The Labute approximate surface area is 177 Å². The molecule has 1 amide bonds. The molecule has 5 rings (SSSR count). The van der Waals surface area contributed by atoms with Gasteiger partial charge in [0, 0.05) is 18.5 Å². The van der Waals surface area contributed by atoms with E-state index >= 15 is 0 Å². The Morgan fingerprint density at radius 1 is 1.10 bits per heavy atom. The summed E-state index contributed by atoms with van der Waals surface area (Å²) in [6.45, 7) is 2.13. The second-order valence-electron chi connectivity index (χ2n) is 8.56. The molecule has 2 saturated heterocycles.